The Bertz CT molecular complexity index is 1670. The van der Waals surface area contributed by atoms with Crippen LogP contribution >= 0.6 is 0 Å². The molecule has 1 saturated heterocycles. The van der Waals surface area contributed by atoms with E-state index in [2.05, 4.69) is 32.5 Å². The number of anilines is 2. The molecule has 2 amide bonds. The SMILES string of the molecule is COc1cc(C(=O)NC2CCC3(CCN(C)CC3)C2)c(F)cc1Nc1ncc(C(F)(F)F)c(Oc2cccc3c2C(=O)N(C)C3)n1. The van der Waals surface area contributed by atoms with Gasteiger partial charge in [0.15, 0.2) is 0 Å². The highest BCUT2D eigenvalue weighted by Gasteiger charge is 2.41. The average molecular weight is 643 g/mol. The minimum atomic E-state index is -4.88. The van der Waals surface area contributed by atoms with Gasteiger partial charge >= 0.3 is 6.18 Å². The monoisotopic (exact) mass is 642 g/mol. The molecule has 2 aliphatic heterocycles. The molecule has 3 aromatic rings. The van der Waals surface area contributed by atoms with Crippen LogP contribution in [0.15, 0.2) is 36.5 Å². The zero-order chi connectivity index (χ0) is 32.8. The zero-order valence-electron chi connectivity index (χ0n) is 25.6. The second kappa shape index (κ2) is 12.0. The Labute approximate surface area is 263 Å². The van der Waals surface area contributed by atoms with Crippen LogP contribution in [0.3, 0.4) is 0 Å². The number of carbonyl (C=O) groups excluding carboxylic acids is 2. The number of halogens is 4. The number of rotatable bonds is 7. The van der Waals surface area contributed by atoms with Crippen molar-refractivity contribution in [3.63, 3.8) is 0 Å². The van der Waals surface area contributed by atoms with Crippen LogP contribution in [0.2, 0.25) is 0 Å². The van der Waals surface area contributed by atoms with Gasteiger partial charge in [-0.25, -0.2) is 9.37 Å². The molecule has 6 rings (SSSR count). The van der Waals surface area contributed by atoms with Crippen molar-refractivity contribution in [2.75, 3.05) is 39.6 Å². The number of benzene rings is 2. The van der Waals surface area contributed by atoms with Gasteiger partial charge in [-0.05, 0) is 75.4 Å². The first-order chi connectivity index (χ1) is 21.9. The summed E-state index contributed by atoms with van der Waals surface area (Å²) >= 11 is 0. The van der Waals surface area contributed by atoms with Crippen molar-refractivity contribution in [2.45, 2.75) is 50.9 Å². The Morgan fingerprint density at radius 2 is 1.87 bits per heavy atom. The molecule has 2 fully saturated rings. The van der Waals surface area contributed by atoms with Gasteiger partial charge in [-0.3, -0.25) is 9.59 Å². The average Bonchev–Trinajstić information content (AvgIpc) is 3.53. The molecule has 46 heavy (non-hydrogen) atoms. The predicted octanol–water partition coefficient (Wildman–Crippen LogP) is 5.76. The maximum atomic E-state index is 15.4. The summed E-state index contributed by atoms with van der Waals surface area (Å²) in [5.41, 5.74) is -0.575. The quantitative estimate of drug-likeness (QED) is 0.314. The van der Waals surface area contributed by atoms with Gasteiger partial charge in [-0.15, -0.1) is 0 Å². The van der Waals surface area contributed by atoms with Crippen molar-refractivity contribution in [3.05, 3.63) is 64.6 Å². The zero-order valence-corrected chi connectivity index (χ0v) is 25.6. The normalized spacial score (nSPS) is 19.3. The number of hydrogen-bond acceptors (Lipinski definition) is 8. The van der Waals surface area contributed by atoms with Gasteiger partial charge in [0.2, 0.25) is 11.8 Å². The van der Waals surface area contributed by atoms with E-state index in [1.54, 1.807) is 19.2 Å². The summed E-state index contributed by atoms with van der Waals surface area (Å²) in [5, 5.41) is 5.64. The number of nitrogens with one attached hydrogen (secondary N) is 2. The fourth-order valence-corrected chi connectivity index (χ4v) is 6.61. The molecule has 2 N–H and O–H groups in total. The lowest BCUT2D eigenvalue weighted by molar-refractivity contribution is -0.139. The van der Waals surface area contributed by atoms with Crippen molar-refractivity contribution in [2.24, 2.45) is 5.41 Å². The Hall–Kier alpha value is -4.46. The minimum Gasteiger partial charge on any atom is -0.495 e. The number of fused-ring (bicyclic) bond motifs is 1. The maximum Gasteiger partial charge on any atom is 0.423 e. The Kier molecular flexibility index (Phi) is 8.25. The number of likely N-dealkylation sites (tertiary alicyclic amines) is 1. The number of ether oxygens (including phenoxy) is 2. The molecule has 1 aliphatic carbocycles. The lowest BCUT2D eigenvalue weighted by atomic mass is 9.77. The molecular formula is C32H34F4N6O4. The molecule has 2 aromatic carbocycles. The molecule has 0 radical (unpaired) electrons. The standard InChI is InChI=1S/C32H34F4N6O4/c1-41-11-9-31(10-12-41)8-7-19(15-31)38-27(43)20-13-25(45-3)23(14-22(20)33)39-30-37-16-21(32(34,35)36)28(40-30)46-24-6-4-5-18-17-42(2)29(44)26(18)24/h4-6,13-14,16,19H,7-12,15,17H2,1-3H3,(H,38,43)(H,37,39,40). The first-order valence-corrected chi connectivity index (χ1v) is 15.0. The number of hydrogen-bond donors (Lipinski definition) is 2. The molecule has 10 nitrogen and oxygen atoms in total. The summed E-state index contributed by atoms with van der Waals surface area (Å²) in [4.78, 5) is 37.2. The first-order valence-electron chi connectivity index (χ1n) is 15.0. The summed E-state index contributed by atoms with van der Waals surface area (Å²) in [6.07, 6.45) is 0.472. The molecule has 1 saturated carbocycles. The topological polar surface area (TPSA) is 109 Å². The predicted molar refractivity (Wildman–Crippen MR) is 160 cm³/mol. The molecule has 3 aliphatic rings. The van der Waals surface area contributed by atoms with Crippen LogP contribution in [0.5, 0.6) is 17.4 Å². The van der Waals surface area contributed by atoms with E-state index in [9.17, 15) is 22.8 Å². The number of amides is 2. The summed E-state index contributed by atoms with van der Waals surface area (Å²) < 4.78 is 68.1. The molecule has 1 unspecified atom stereocenters. The Morgan fingerprint density at radius 3 is 2.59 bits per heavy atom. The maximum absolute atomic E-state index is 15.4. The van der Waals surface area contributed by atoms with E-state index in [1.807, 2.05) is 0 Å². The van der Waals surface area contributed by atoms with Gasteiger partial charge in [0.05, 0.1) is 23.9 Å². The third-order valence-corrected chi connectivity index (χ3v) is 9.21. The van der Waals surface area contributed by atoms with Crippen LogP contribution < -0.4 is 20.1 Å². The van der Waals surface area contributed by atoms with Gasteiger partial charge in [-0.1, -0.05) is 12.1 Å². The number of alkyl halides is 3. The second-order valence-corrected chi connectivity index (χ2v) is 12.3. The van der Waals surface area contributed by atoms with E-state index in [0.717, 1.165) is 51.3 Å². The van der Waals surface area contributed by atoms with E-state index in [1.165, 1.54) is 24.1 Å². The van der Waals surface area contributed by atoms with Crippen molar-refractivity contribution >= 4 is 23.5 Å². The molecular weight excluding hydrogens is 608 g/mol. The van der Waals surface area contributed by atoms with Crippen LogP contribution in [0, 0.1) is 11.2 Å². The molecule has 1 aromatic heterocycles. The first kappa shape index (κ1) is 31.5. The highest BCUT2D eigenvalue weighted by Crippen LogP contribution is 2.46. The second-order valence-electron chi connectivity index (χ2n) is 12.3. The lowest BCUT2D eigenvalue weighted by Crippen LogP contribution is -2.39. The summed E-state index contributed by atoms with van der Waals surface area (Å²) in [6.45, 7) is 2.32. The third kappa shape index (κ3) is 6.17. The van der Waals surface area contributed by atoms with E-state index in [-0.39, 0.29) is 52.3 Å². The summed E-state index contributed by atoms with van der Waals surface area (Å²) in [6, 6.07) is 6.79. The minimum absolute atomic E-state index is 0.0224. The van der Waals surface area contributed by atoms with E-state index in [0.29, 0.717) is 11.8 Å². The van der Waals surface area contributed by atoms with E-state index >= 15 is 4.39 Å². The van der Waals surface area contributed by atoms with Crippen LogP contribution in [-0.2, 0) is 12.7 Å². The van der Waals surface area contributed by atoms with Crippen LogP contribution in [0.1, 0.15) is 63.9 Å². The molecule has 3 heterocycles. The summed E-state index contributed by atoms with van der Waals surface area (Å²) in [7, 11) is 4.98. The van der Waals surface area contributed by atoms with Crippen molar-refractivity contribution in [1.82, 2.24) is 25.1 Å². The van der Waals surface area contributed by atoms with Gasteiger partial charge in [0.1, 0.15) is 22.9 Å². The highest BCUT2D eigenvalue weighted by atomic mass is 19.4. The number of piperidine rings is 1. The van der Waals surface area contributed by atoms with Crippen LogP contribution in [0.25, 0.3) is 0 Å². The lowest BCUT2D eigenvalue weighted by Gasteiger charge is -2.38. The number of nitrogens with zero attached hydrogens (tertiary/aromatic N) is 4. The van der Waals surface area contributed by atoms with Gasteiger partial charge in [0.25, 0.3) is 11.8 Å². The van der Waals surface area contributed by atoms with E-state index in [4.69, 9.17) is 9.47 Å². The number of aromatic nitrogens is 2. The third-order valence-electron chi connectivity index (χ3n) is 9.21. The highest BCUT2D eigenvalue weighted by molar-refractivity contribution is 6.01. The molecule has 14 heteroatoms. The molecule has 1 atom stereocenters. The van der Waals surface area contributed by atoms with Crippen molar-refractivity contribution in [3.8, 4) is 17.4 Å². The smallest absolute Gasteiger partial charge is 0.423 e. The molecule has 1 spiro atoms. The number of methoxy groups -OCH3 is 1. The Balaban J connectivity index is 1.22. The van der Waals surface area contributed by atoms with E-state index < -0.39 is 35.3 Å². The summed E-state index contributed by atoms with van der Waals surface area (Å²) in [5.74, 6) is -3.09. The van der Waals surface area contributed by atoms with Crippen LogP contribution in [0.4, 0.5) is 29.2 Å². The van der Waals surface area contributed by atoms with Crippen LogP contribution in [-0.4, -0.2) is 71.9 Å². The largest absolute Gasteiger partial charge is 0.495 e. The molecule has 244 valence electrons. The molecule has 0 bridgehead atoms. The fraction of sp³-hybridized carbons (Fsp3) is 0.438. The van der Waals surface area contributed by atoms with Gasteiger partial charge < -0.3 is 29.9 Å². The Morgan fingerprint density at radius 1 is 1.11 bits per heavy atom. The van der Waals surface area contributed by atoms with Crippen molar-refractivity contribution in [1.29, 1.82) is 0 Å². The fourth-order valence-electron chi connectivity index (χ4n) is 6.61. The van der Waals surface area contributed by atoms with Gasteiger partial charge in [-0.2, -0.15) is 18.2 Å². The van der Waals surface area contributed by atoms with Crippen molar-refractivity contribution < 1.29 is 36.6 Å². The van der Waals surface area contributed by atoms with Gasteiger partial charge in [0, 0.05) is 31.9 Å². The number of carbonyl (C=O) groups is 2.